The third kappa shape index (κ3) is 27.5. The van der Waals surface area contributed by atoms with Crippen molar-refractivity contribution in [1.82, 2.24) is 101 Å². The summed E-state index contributed by atoms with van der Waals surface area (Å²) in [5, 5.41) is 30.0. The lowest BCUT2D eigenvalue weighted by Crippen LogP contribution is -2.48. The molecule has 32 nitrogen and oxygen atoms in total. The Labute approximate surface area is 766 Å². The number of ketones is 1. The Morgan fingerprint density at radius 2 is 0.947 bits per heavy atom. The van der Waals surface area contributed by atoms with E-state index in [1.165, 1.54) is 34.9 Å². The Hall–Kier alpha value is -12.6. The molecule has 3 aliphatic carbocycles. The molecule has 2 unspecified atom stereocenters. The number of nitrogens with one attached hydrogen (secondary N) is 1. The maximum Gasteiger partial charge on any atom is 0.286 e. The number of Topliss-reactive ketones (excluding diaryl/α,β-unsaturated/α-hetero) is 1. The van der Waals surface area contributed by atoms with Crippen LogP contribution in [0.15, 0.2) is 153 Å². The number of benzene rings is 5. The van der Waals surface area contributed by atoms with Crippen LogP contribution in [-0.2, 0) is 20.8 Å². The minimum atomic E-state index is -0.355. The molecule has 694 valence electrons. The van der Waals surface area contributed by atoms with Crippen LogP contribution in [0.1, 0.15) is 246 Å². The predicted octanol–water partition coefficient (Wildman–Crippen LogP) is 18.3. The summed E-state index contributed by atoms with van der Waals surface area (Å²) in [4.78, 5) is 101. The van der Waals surface area contributed by atoms with Gasteiger partial charge in [-0.25, -0.2) is 9.37 Å². The summed E-state index contributed by atoms with van der Waals surface area (Å²) in [5.74, 6) is 12.2. The highest BCUT2D eigenvalue weighted by molar-refractivity contribution is 7.21. The number of piperidine rings is 3. The van der Waals surface area contributed by atoms with Gasteiger partial charge in [0.25, 0.3) is 35.4 Å². The molecule has 6 fully saturated rings. The molecule has 3 atom stereocenters. The summed E-state index contributed by atoms with van der Waals surface area (Å²) in [6.45, 7) is 35.0. The number of nitrogens with zero attached hydrogens (tertiary/aromatic N) is 19. The largest absolute Gasteiger partial charge is 0.349 e. The standard InChI is InChI=1S/C15H23N3O2.C14H23N3O2.C13H13N3O2.C12H13N3O2.C12H19N3O2.C12H11N3OS.C10H12.C9H7FN2O/c1-11(19)15(6-3-7-15)10-18-8-4-13(5-9-18)14-16-12(2)17-20-14;1-9(2)10(3)14(18)17-7-5-12(6-8-17)13-15-11(4)16-19-13;1-8-14-13(18-16-8)10-4-2-9(3-5-10)12(17)15-11-6-7-11;1-8-13-11(17-14-8)9-4-6-10(7-5-9)12(16)15(2)3;1-8(2)12(16)15-6-4-10(5-7-15)11-13-9(3)14-17-11;1-3-8-4-5-9-10(6-8)17-12(14-9)11-13-7(2)15-16-11;1-8-7-10(8)9-5-3-2-4-6-9;1-6-11-9(13-12-6)7-4-2-3-5-8(7)10/h13H,3-10H2,1-2H3;9-10,12H,5-8H2,1-4H3;2-5,11H,6-7H2,1H3,(H,15,17);4-7H,1-3H3;8,10H,4-7H2,1-3H3;4-6H,3H2,1-2H3;2-6,8,10H,7H2,1H3;2-5H,1H3/t;;;;;;8-,10?;/m......1./s1. The minimum Gasteiger partial charge on any atom is -0.349 e. The second-order valence-corrected chi connectivity index (χ2v) is 36.3. The molecular weight excluding hydrogens is 1690 g/mol. The van der Waals surface area contributed by atoms with Gasteiger partial charge < -0.3 is 56.6 Å². The number of thiazole rings is 1. The summed E-state index contributed by atoms with van der Waals surface area (Å²) in [6, 6.07) is 38.0. The Morgan fingerprint density at radius 1 is 0.511 bits per heavy atom. The molecule has 19 rings (SSSR count). The van der Waals surface area contributed by atoms with Gasteiger partial charge in [0.15, 0.2) is 45.8 Å². The fraction of sp³-hybridized carbons (Fsp3) is 0.485. The molecule has 13 aromatic rings. The number of aryl methyl sites for hydroxylation is 8. The molecule has 131 heavy (non-hydrogen) atoms. The third-order valence-corrected chi connectivity index (χ3v) is 25.0. The van der Waals surface area contributed by atoms with Crippen LogP contribution in [0.25, 0.3) is 55.5 Å². The maximum absolute atomic E-state index is 13.2. The van der Waals surface area contributed by atoms with Crippen molar-refractivity contribution >= 4 is 51.0 Å². The van der Waals surface area contributed by atoms with Crippen LogP contribution in [0.3, 0.4) is 0 Å². The Kier molecular flexibility index (Phi) is 34.1. The van der Waals surface area contributed by atoms with E-state index in [-0.39, 0.29) is 52.6 Å². The van der Waals surface area contributed by atoms with E-state index in [0.717, 1.165) is 172 Å². The highest BCUT2D eigenvalue weighted by Gasteiger charge is 2.44. The van der Waals surface area contributed by atoms with E-state index in [1.807, 2.05) is 69.5 Å². The van der Waals surface area contributed by atoms with E-state index >= 15 is 0 Å². The summed E-state index contributed by atoms with van der Waals surface area (Å²) in [6.07, 6.45) is 13.7. The molecule has 3 saturated carbocycles. The van der Waals surface area contributed by atoms with Crippen molar-refractivity contribution in [2.24, 2.45) is 29.1 Å². The average molecular weight is 1810 g/mol. The molecule has 3 aliphatic heterocycles. The quantitative estimate of drug-likeness (QED) is 0.0833. The Bertz CT molecular complexity index is 5820. The van der Waals surface area contributed by atoms with Gasteiger partial charge in [0.05, 0.1) is 15.8 Å². The number of fused-ring (bicyclic) bond motifs is 1. The second kappa shape index (κ2) is 45.8. The van der Waals surface area contributed by atoms with E-state index in [1.54, 1.807) is 115 Å². The van der Waals surface area contributed by atoms with Gasteiger partial charge in [-0.05, 0) is 247 Å². The monoisotopic (exact) mass is 1810 g/mol. The van der Waals surface area contributed by atoms with E-state index in [2.05, 4.69) is 156 Å². The van der Waals surface area contributed by atoms with Crippen molar-refractivity contribution in [2.45, 2.75) is 217 Å². The highest BCUT2D eigenvalue weighted by atomic mass is 32.1. The summed E-state index contributed by atoms with van der Waals surface area (Å²) in [7, 11) is 3.44. The zero-order valence-electron chi connectivity index (χ0n) is 78.1. The molecule has 6 aliphatic rings. The molecule has 0 bridgehead atoms. The molecule has 1 N–H and O–H groups in total. The Balaban J connectivity index is 0.000000136. The second-order valence-electron chi connectivity index (χ2n) is 35.2. The molecule has 8 aromatic heterocycles. The van der Waals surface area contributed by atoms with Gasteiger partial charge in [-0.3, -0.25) is 24.0 Å². The number of amides is 4. The van der Waals surface area contributed by atoms with Gasteiger partial charge in [0, 0.05) is 110 Å². The number of aromatic nitrogens is 15. The van der Waals surface area contributed by atoms with Crippen LogP contribution in [0.2, 0.25) is 0 Å². The fourth-order valence-corrected chi connectivity index (χ4v) is 16.3. The third-order valence-electron chi connectivity index (χ3n) is 24.0. The van der Waals surface area contributed by atoms with Crippen molar-refractivity contribution in [3.8, 4) is 45.3 Å². The van der Waals surface area contributed by atoms with Crippen LogP contribution in [0.5, 0.6) is 0 Å². The molecule has 11 heterocycles. The van der Waals surface area contributed by atoms with Gasteiger partial charge >= 0.3 is 0 Å². The van der Waals surface area contributed by atoms with Crippen LogP contribution < -0.4 is 5.32 Å². The summed E-state index contributed by atoms with van der Waals surface area (Å²) < 4.78 is 50.1. The van der Waals surface area contributed by atoms with Crippen molar-refractivity contribution in [3.63, 3.8) is 0 Å². The number of carbonyl (C=O) groups is 5. The number of rotatable bonds is 18. The summed E-state index contributed by atoms with van der Waals surface area (Å²) >= 11 is 1.59. The SMILES string of the molecule is CC(=O)C1(CN2CCC(c3nc(C)no3)CC2)CCC1.CCc1ccc2nc(-c3nc(C)no3)sc2c1.C[C@@H]1CC1c1ccccc1.Cc1noc(-c2ccc(C(=O)N(C)C)cc2)n1.Cc1noc(-c2ccc(C(=O)NC3CC3)cc2)n1.Cc1noc(-c2ccccc2F)n1.Cc1noc(C2CCN(C(=O)C(C)C(C)C)CC2)n1.Cc1noc(C2CCN(C(=O)C(C)C)CC2)n1. The van der Waals surface area contributed by atoms with Crippen molar-refractivity contribution in [1.29, 1.82) is 0 Å². The first kappa shape index (κ1) is 97.5. The zero-order valence-corrected chi connectivity index (χ0v) is 78.9. The van der Waals surface area contributed by atoms with E-state index in [0.29, 0.717) is 111 Å². The van der Waals surface area contributed by atoms with Gasteiger partial charge in [-0.1, -0.05) is 140 Å². The van der Waals surface area contributed by atoms with Crippen LogP contribution in [-0.4, -0.2) is 191 Å². The summed E-state index contributed by atoms with van der Waals surface area (Å²) in [5.41, 5.74) is 7.04. The topological polar surface area (TPSA) is 396 Å². The number of hydrogen-bond donors (Lipinski definition) is 1. The molecule has 5 aromatic carbocycles. The minimum absolute atomic E-state index is 0.0224. The van der Waals surface area contributed by atoms with Crippen molar-refractivity contribution in [2.75, 3.05) is 59.9 Å². The lowest BCUT2D eigenvalue weighted by Gasteiger charge is -2.44. The first-order valence-electron chi connectivity index (χ1n) is 45.2. The smallest absolute Gasteiger partial charge is 0.286 e. The van der Waals surface area contributed by atoms with Crippen molar-refractivity contribution < 1.29 is 60.0 Å². The molecule has 0 radical (unpaired) electrons. The normalized spacial score (nSPS) is 16.7. The zero-order chi connectivity index (χ0) is 93.6. The van der Waals surface area contributed by atoms with Crippen LogP contribution >= 0.6 is 11.3 Å². The molecule has 4 amide bonds. The van der Waals surface area contributed by atoms with Gasteiger partial charge in [0.2, 0.25) is 29.5 Å². The van der Waals surface area contributed by atoms with E-state index in [4.69, 9.17) is 31.7 Å². The number of hydrogen-bond acceptors (Lipinski definition) is 29. The van der Waals surface area contributed by atoms with Crippen LogP contribution in [0.4, 0.5) is 4.39 Å². The Morgan fingerprint density at radius 3 is 1.34 bits per heavy atom. The molecule has 0 spiro atoms. The maximum atomic E-state index is 13.2. The molecule has 3 saturated heterocycles. The first-order valence-corrected chi connectivity index (χ1v) is 46.0. The lowest BCUT2D eigenvalue weighted by molar-refractivity contribution is -0.137. The van der Waals surface area contributed by atoms with Gasteiger partial charge in [0.1, 0.15) is 11.6 Å². The predicted molar refractivity (Wildman–Crippen MR) is 490 cm³/mol. The number of carbonyl (C=O) groups excluding carboxylic acids is 5. The van der Waals surface area contributed by atoms with Gasteiger partial charge in [-0.2, -0.15) is 34.9 Å². The lowest BCUT2D eigenvalue weighted by atomic mass is 9.66. The fourth-order valence-electron chi connectivity index (χ4n) is 15.4. The highest BCUT2D eigenvalue weighted by Crippen LogP contribution is 2.47. The van der Waals surface area contributed by atoms with Crippen molar-refractivity contribution in [3.05, 3.63) is 208 Å². The van der Waals surface area contributed by atoms with E-state index in [9.17, 15) is 28.4 Å². The van der Waals surface area contributed by atoms with Gasteiger partial charge in [-0.15, -0.1) is 11.3 Å². The molecule has 34 heteroatoms. The number of likely N-dealkylation sites (tertiary alicyclic amines) is 3. The number of halogens is 1. The van der Waals surface area contributed by atoms with E-state index < -0.39 is 0 Å². The molecular formula is C97H121FN20O12S. The van der Waals surface area contributed by atoms with Crippen LogP contribution in [0, 0.1) is 83.4 Å². The first-order chi connectivity index (χ1) is 62.9. The average Bonchev–Trinajstić information content (AvgIpc) is 1.73.